The van der Waals surface area contributed by atoms with Crippen LogP contribution in [0.3, 0.4) is 0 Å². The van der Waals surface area contributed by atoms with Crippen molar-refractivity contribution in [2.45, 2.75) is 69.8 Å². The lowest BCUT2D eigenvalue weighted by molar-refractivity contribution is -0.130. The topological polar surface area (TPSA) is 132 Å². The molecule has 0 fully saturated rings. The Bertz CT molecular complexity index is 1280. The van der Waals surface area contributed by atoms with Crippen molar-refractivity contribution >= 4 is 30.3 Å². The van der Waals surface area contributed by atoms with E-state index in [-0.39, 0.29) is 36.1 Å². The molecule has 40 heavy (non-hydrogen) atoms. The highest BCUT2D eigenvalue weighted by Crippen LogP contribution is 2.35. The monoisotopic (exact) mass is 589 g/mol. The van der Waals surface area contributed by atoms with Crippen LogP contribution in [0.2, 0.25) is 18.1 Å². The Morgan fingerprint density at radius 1 is 1.02 bits per heavy atom. The van der Waals surface area contributed by atoms with E-state index in [0.717, 1.165) is 5.56 Å². The summed E-state index contributed by atoms with van der Waals surface area (Å²) in [5.41, 5.74) is 3.26. The third-order valence-corrected chi connectivity index (χ3v) is 12.1. The summed E-state index contributed by atoms with van der Waals surface area (Å²) < 4.78 is 45.1. The van der Waals surface area contributed by atoms with Crippen molar-refractivity contribution in [2.75, 3.05) is 13.2 Å². The molecule has 2 aromatic carbocycles. The molecule has 0 saturated heterocycles. The molecule has 3 N–H and O–H groups in total. The Morgan fingerprint density at radius 2 is 1.68 bits per heavy atom. The minimum absolute atomic E-state index is 0.0282. The van der Waals surface area contributed by atoms with Gasteiger partial charge in [-0.05, 0) is 61.3 Å². The van der Waals surface area contributed by atoms with Gasteiger partial charge in [-0.15, -0.1) is 5.92 Å². The van der Waals surface area contributed by atoms with Crippen molar-refractivity contribution in [3.63, 3.8) is 0 Å². The quantitative estimate of drug-likeness (QED) is 0.182. The van der Waals surface area contributed by atoms with Gasteiger partial charge in [0, 0.05) is 6.54 Å². The zero-order valence-electron chi connectivity index (χ0n) is 23.9. The van der Waals surface area contributed by atoms with Crippen LogP contribution in [-0.2, 0) is 30.7 Å². The van der Waals surface area contributed by atoms with Crippen LogP contribution >= 0.6 is 0 Å². The fourth-order valence-electron chi connectivity index (χ4n) is 2.90. The largest absolute Gasteiger partial charge is 0.481 e. The number of carbonyl (C=O) groups excluding carboxylic acids is 2. The lowest BCUT2D eigenvalue weighted by Crippen LogP contribution is -2.52. The number of hydrogen-bond donors (Lipinski definition) is 3. The SMILES string of the molecule is CC#CCOc1ccc(S(=O)(=O)N[C@H](CCNC(=O)OCc2ccccc2)C(=O)NO[Si](C)(C)C(C)(C)C)cc1. The predicted octanol–water partition coefficient (Wildman–Crippen LogP) is 4.11. The van der Waals surface area contributed by atoms with Gasteiger partial charge in [-0.2, -0.15) is 4.72 Å². The Labute approximate surface area is 238 Å². The molecule has 0 spiro atoms. The summed E-state index contributed by atoms with van der Waals surface area (Å²) in [6.45, 7) is 11.9. The average molecular weight is 590 g/mol. The molecular formula is C28H39N3O7SSi. The van der Waals surface area contributed by atoms with Crippen molar-refractivity contribution in [1.29, 1.82) is 0 Å². The zero-order chi connectivity index (χ0) is 29.8. The van der Waals surface area contributed by atoms with E-state index in [1.807, 2.05) is 64.2 Å². The summed E-state index contributed by atoms with van der Waals surface area (Å²) in [5.74, 6) is 5.25. The maximum Gasteiger partial charge on any atom is 0.407 e. The second kappa shape index (κ2) is 14.9. The number of hydrogen-bond acceptors (Lipinski definition) is 7. The summed E-state index contributed by atoms with van der Waals surface area (Å²) in [4.78, 5) is 25.2. The second-order valence-corrected chi connectivity index (χ2v) is 16.9. The van der Waals surface area contributed by atoms with Crippen LogP contribution in [0.4, 0.5) is 4.79 Å². The normalized spacial score (nSPS) is 12.4. The summed E-state index contributed by atoms with van der Waals surface area (Å²) in [6.07, 6.45) is -0.741. The minimum atomic E-state index is -4.11. The fraction of sp³-hybridized carbons (Fsp3) is 0.429. The van der Waals surface area contributed by atoms with Crippen molar-refractivity contribution in [3.8, 4) is 17.6 Å². The van der Waals surface area contributed by atoms with Gasteiger partial charge < -0.3 is 19.3 Å². The lowest BCUT2D eigenvalue weighted by atomic mass is 10.2. The van der Waals surface area contributed by atoms with E-state index in [9.17, 15) is 18.0 Å². The molecule has 0 aliphatic heterocycles. The molecule has 0 heterocycles. The van der Waals surface area contributed by atoms with E-state index in [1.54, 1.807) is 6.92 Å². The molecular weight excluding hydrogens is 550 g/mol. The van der Waals surface area contributed by atoms with E-state index in [1.165, 1.54) is 24.3 Å². The number of amides is 2. The van der Waals surface area contributed by atoms with Crippen molar-refractivity contribution < 1.29 is 32.0 Å². The van der Waals surface area contributed by atoms with Gasteiger partial charge >= 0.3 is 6.09 Å². The Kier molecular flexibility index (Phi) is 12.2. The van der Waals surface area contributed by atoms with Crippen molar-refractivity contribution in [1.82, 2.24) is 15.5 Å². The molecule has 218 valence electrons. The molecule has 0 aliphatic rings. The zero-order valence-corrected chi connectivity index (χ0v) is 25.7. The summed E-state index contributed by atoms with van der Waals surface area (Å²) in [7, 11) is -6.48. The van der Waals surface area contributed by atoms with Crippen LogP contribution in [0.1, 0.15) is 39.7 Å². The third kappa shape index (κ3) is 10.7. The highest BCUT2D eigenvalue weighted by Gasteiger charge is 2.39. The standard InChI is InChI=1S/C28H39N3O7SSi/c1-7-8-20-36-23-14-16-24(17-15-23)39(34,35)31-25(26(32)30-38-40(5,6)28(2,3)4)18-19-29-27(33)37-21-22-12-10-9-11-13-22/h9-17,25,31H,18-21H2,1-6H3,(H,29,33)(H,30,32)/t25-/m1/s1. The number of hydroxylamine groups is 1. The molecule has 10 nitrogen and oxygen atoms in total. The van der Waals surface area contributed by atoms with Gasteiger partial charge in [0.05, 0.1) is 4.90 Å². The highest BCUT2D eigenvalue weighted by molar-refractivity contribution is 7.89. The Balaban J connectivity index is 2.08. The number of sulfonamides is 1. The Hall–Kier alpha value is -3.37. The third-order valence-electron chi connectivity index (χ3n) is 6.36. The smallest absolute Gasteiger partial charge is 0.407 e. The minimum Gasteiger partial charge on any atom is -0.481 e. The van der Waals surface area contributed by atoms with Crippen LogP contribution in [-0.4, -0.2) is 47.9 Å². The van der Waals surface area contributed by atoms with Crippen LogP contribution in [0.25, 0.3) is 0 Å². The fourth-order valence-corrected chi connectivity index (χ4v) is 4.79. The van der Waals surface area contributed by atoms with Gasteiger partial charge in [-0.3, -0.25) is 4.79 Å². The average Bonchev–Trinajstić information content (AvgIpc) is 2.90. The van der Waals surface area contributed by atoms with Crippen molar-refractivity contribution in [3.05, 3.63) is 60.2 Å². The molecule has 1 atom stereocenters. The van der Waals surface area contributed by atoms with E-state index < -0.39 is 36.4 Å². The van der Waals surface area contributed by atoms with E-state index in [2.05, 4.69) is 27.4 Å². The molecule has 2 aromatic rings. The van der Waals surface area contributed by atoms with Crippen LogP contribution in [0.5, 0.6) is 5.75 Å². The van der Waals surface area contributed by atoms with Gasteiger partial charge in [0.15, 0.2) is 0 Å². The maximum atomic E-state index is 13.1. The number of rotatable bonds is 13. The lowest BCUT2D eigenvalue weighted by Gasteiger charge is -2.35. The van der Waals surface area contributed by atoms with Gasteiger partial charge in [-0.25, -0.2) is 18.7 Å². The summed E-state index contributed by atoms with van der Waals surface area (Å²) >= 11 is 0. The number of benzene rings is 2. The van der Waals surface area contributed by atoms with E-state index in [0.29, 0.717) is 5.75 Å². The molecule has 2 rings (SSSR count). The molecule has 2 amide bonds. The van der Waals surface area contributed by atoms with E-state index in [4.69, 9.17) is 14.0 Å². The molecule has 0 bridgehead atoms. The molecule has 0 aromatic heterocycles. The molecule has 0 saturated carbocycles. The summed E-state index contributed by atoms with van der Waals surface area (Å²) in [5, 5.41) is 2.37. The van der Waals surface area contributed by atoms with Gasteiger partial charge in [0.25, 0.3) is 5.91 Å². The first kappa shape index (κ1) is 32.8. The number of ether oxygens (including phenoxy) is 2. The maximum absolute atomic E-state index is 13.1. The summed E-state index contributed by atoms with van der Waals surface area (Å²) in [6, 6.07) is 13.7. The van der Waals surface area contributed by atoms with Crippen LogP contribution in [0, 0.1) is 11.8 Å². The molecule has 12 heteroatoms. The first-order valence-electron chi connectivity index (χ1n) is 12.8. The number of nitrogens with one attached hydrogen (secondary N) is 3. The van der Waals surface area contributed by atoms with Crippen LogP contribution < -0.4 is 20.3 Å². The van der Waals surface area contributed by atoms with Gasteiger partial charge in [0.2, 0.25) is 18.3 Å². The molecule has 0 aliphatic carbocycles. The van der Waals surface area contributed by atoms with Gasteiger partial charge in [0.1, 0.15) is 25.0 Å². The first-order chi connectivity index (χ1) is 18.7. The highest BCUT2D eigenvalue weighted by atomic mass is 32.2. The number of carbonyl (C=O) groups is 2. The molecule has 0 unspecified atom stereocenters. The molecule has 0 radical (unpaired) electrons. The predicted molar refractivity (Wildman–Crippen MR) is 155 cm³/mol. The first-order valence-corrected chi connectivity index (χ1v) is 17.2. The van der Waals surface area contributed by atoms with Crippen molar-refractivity contribution in [2.24, 2.45) is 0 Å². The second-order valence-electron chi connectivity index (χ2n) is 10.5. The Morgan fingerprint density at radius 3 is 2.27 bits per heavy atom. The van der Waals surface area contributed by atoms with E-state index >= 15 is 0 Å². The van der Waals surface area contributed by atoms with Gasteiger partial charge in [-0.1, -0.05) is 57.0 Å². The number of alkyl carbamates (subject to hydrolysis) is 1. The van der Waals surface area contributed by atoms with Crippen LogP contribution in [0.15, 0.2) is 59.5 Å².